The molecule has 23 heavy (non-hydrogen) atoms. The topological polar surface area (TPSA) is 42.2 Å². The van der Waals surface area contributed by atoms with Crippen LogP contribution >= 0.6 is 11.6 Å². The number of halogens is 1. The van der Waals surface area contributed by atoms with Gasteiger partial charge in [-0.3, -0.25) is 4.40 Å². The van der Waals surface area contributed by atoms with Gasteiger partial charge in [0.05, 0.1) is 5.69 Å². The fraction of sp³-hybridized carbons (Fsp3) is 0. The molecule has 112 valence electrons. The molecule has 1 N–H and O–H groups in total. The van der Waals surface area contributed by atoms with Gasteiger partial charge in [0.15, 0.2) is 0 Å². The van der Waals surface area contributed by atoms with Crippen molar-refractivity contribution in [3.8, 4) is 11.3 Å². The van der Waals surface area contributed by atoms with E-state index in [9.17, 15) is 0 Å². The number of hydrogen-bond acceptors (Lipinski definition) is 3. The summed E-state index contributed by atoms with van der Waals surface area (Å²) < 4.78 is 1.91. The van der Waals surface area contributed by atoms with Gasteiger partial charge in [0, 0.05) is 40.6 Å². The van der Waals surface area contributed by atoms with E-state index in [0.717, 1.165) is 27.7 Å². The van der Waals surface area contributed by atoms with Crippen molar-refractivity contribution in [2.24, 2.45) is 0 Å². The van der Waals surface area contributed by atoms with Crippen LogP contribution in [0.25, 0.3) is 17.0 Å². The van der Waals surface area contributed by atoms with Crippen molar-refractivity contribution in [2.45, 2.75) is 0 Å². The summed E-state index contributed by atoms with van der Waals surface area (Å²) in [5, 5.41) is 4.07. The summed E-state index contributed by atoms with van der Waals surface area (Å²) in [4.78, 5) is 8.76. The van der Waals surface area contributed by atoms with Crippen LogP contribution in [0.4, 0.5) is 11.4 Å². The number of imidazole rings is 1. The molecule has 0 saturated heterocycles. The number of anilines is 2. The number of rotatable bonds is 3. The van der Waals surface area contributed by atoms with Crippen LogP contribution in [0.5, 0.6) is 0 Å². The largest absolute Gasteiger partial charge is 0.356 e. The van der Waals surface area contributed by atoms with E-state index >= 15 is 0 Å². The highest BCUT2D eigenvalue weighted by molar-refractivity contribution is 6.30. The van der Waals surface area contributed by atoms with E-state index < -0.39 is 0 Å². The SMILES string of the molecule is Clc1ccc(Nc2ccc(-c3cn4cccnc4n3)cc2)cc1. The second kappa shape index (κ2) is 5.74. The number of hydrogen-bond donors (Lipinski definition) is 1. The first-order valence-electron chi connectivity index (χ1n) is 7.21. The highest BCUT2D eigenvalue weighted by Gasteiger charge is 2.04. The second-order valence-electron chi connectivity index (χ2n) is 5.16. The zero-order valence-electron chi connectivity index (χ0n) is 12.1. The quantitative estimate of drug-likeness (QED) is 0.590. The molecule has 4 nitrogen and oxygen atoms in total. The maximum Gasteiger partial charge on any atom is 0.234 e. The number of aromatic nitrogens is 3. The van der Waals surface area contributed by atoms with E-state index in [1.54, 1.807) is 6.20 Å². The third-order valence-corrected chi connectivity index (χ3v) is 3.80. The molecule has 0 spiro atoms. The van der Waals surface area contributed by atoms with Crippen molar-refractivity contribution in [3.05, 3.63) is 78.2 Å². The van der Waals surface area contributed by atoms with Crippen LogP contribution in [-0.4, -0.2) is 14.4 Å². The molecule has 2 aromatic heterocycles. The lowest BCUT2D eigenvalue weighted by molar-refractivity contribution is 1.11. The Bertz CT molecular complexity index is 910. The molecule has 0 bridgehead atoms. The molecule has 4 aromatic rings. The van der Waals surface area contributed by atoms with Gasteiger partial charge in [-0.05, 0) is 42.5 Å². The maximum atomic E-state index is 5.89. The zero-order chi connectivity index (χ0) is 15.6. The van der Waals surface area contributed by atoms with Crippen molar-refractivity contribution in [1.82, 2.24) is 14.4 Å². The van der Waals surface area contributed by atoms with Gasteiger partial charge < -0.3 is 5.32 Å². The fourth-order valence-electron chi connectivity index (χ4n) is 2.39. The molecule has 0 saturated carbocycles. The van der Waals surface area contributed by atoms with E-state index in [-0.39, 0.29) is 0 Å². The zero-order valence-corrected chi connectivity index (χ0v) is 12.9. The van der Waals surface area contributed by atoms with Gasteiger partial charge >= 0.3 is 0 Å². The van der Waals surface area contributed by atoms with Gasteiger partial charge in [-0.25, -0.2) is 9.97 Å². The summed E-state index contributed by atoms with van der Waals surface area (Å²) >= 11 is 5.89. The Kier molecular flexibility index (Phi) is 3.44. The molecule has 0 unspecified atom stereocenters. The Labute approximate surface area is 138 Å². The first-order chi connectivity index (χ1) is 11.3. The van der Waals surface area contributed by atoms with Crippen molar-refractivity contribution in [3.63, 3.8) is 0 Å². The second-order valence-corrected chi connectivity index (χ2v) is 5.60. The maximum absolute atomic E-state index is 5.89. The summed E-state index contributed by atoms with van der Waals surface area (Å²) in [5.74, 6) is 0.700. The Morgan fingerprint density at radius 3 is 2.30 bits per heavy atom. The standard InChI is InChI=1S/C18H13ClN4/c19-14-4-8-16(9-5-14)21-15-6-2-13(3-7-15)17-12-23-11-1-10-20-18(23)22-17/h1-12,21H. The van der Waals surface area contributed by atoms with Crippen LogP contribution in [0.2, 0.25) is 5.02 Å². The lowest BCUT2D eigenvalue weighted by Crippen LogP contribution is -1.89. The number of nitrogens with zero attached hydrogens (tertiary/aromatic N) is 3. The number of fused-ring (bicyclic) bond motifs is 1. The van der Waals surface area contributed by atoms with Crippen molar-refractivity contribution in [2.75, 3.05) is 5.32 Å². The first-order valence-corrected chi connectivity index (χ1v) is 7.58. The molecule has 0 aliphatic rings. The Hall–Kier alpha value is -2.85. The normalized spacial score (nSPS) is 10.8. The fourth-order valence-corrected chi connectivity index (χ4v) is 2.52. The summed E-state index contributed by atoms with van der Waals surface area (Å²) in [6.45, 7) is 0. The van der Waals surface area contributed by atoms with E-state index in [0.29, 0.717) is 5.78 Å². The minimum absolute atomic E-state index is 0.700. The minimum atomic E-state index is 0.700. The van der Waals surface area contributed by atoms with Crippen molar-refractivity contribution >= 4 is 28.8 Å². The van der Waals surface area contributed by atoms with Gasteiger partial charge in [0.1, 0.15) is 0 Å². The molecule has 0 atom stereocenters. The predicted molar refractivity (Wildman–Crippen MR) is 93.2 cm³/mol. The van der Waals surface area contributed by atoms with E-state index in [1.165, 1.54) is 0 Å². The molecule has 0 radical (unpaired) electrons. The summed E-state index contributed by atoms with van der Waals surface area (Å²) in [6.07, 6.45) is 5.66. The van der Waals surface area contributed by atoms with Crippen LogP contribution < -0.4 is 5.32 Å². The van der Waals surface area contributed by atoms with Gasteiger partial charge in [-0.2, -0.15) is 0 Å². The predicted octanol–water partition coefficient (Wildman–Crippen LogP) is 4.79. The average Bonchev–Trinajstić information content (AvgIpc) is 3.02. The highest BCUT2D eigenvalue weighted by atomic mass is 35.5. The summed E-state index contributed by atoms with van der Waals surface area (Å²) in [7, 11) is 0. The molecule has 2 aromatic carbocycles. The molecule has 4 rings (SSSR count). The van der Waals surface area contributed by atoms with Crippen LogP contribution in [0.1, 0.15) is 0 Å². The minimum Gasteiger partial charge on any atom is -0.356 e. The van der Waals surface area contributed by atoms with E-state index in [1.807, 2.05) is 71.4 Å². The van der Waals surface area contributed by atoms with Crippen molar-refractivity contribution < 1.29 is 0 Å². The molecule has 0 aliphatic carbocycles. The third kappa shape index (κ3) is 2.89. The third-order valence-electron chi connectivity index (χ3n) is 3.55. The summed E-state index contributed by atoms with van der Waals surface area (Å²) in [5.41, 5.74) is 3.97. The Balaban J connectivity index is 1.58. The summed E-state index contributed by atoms with van der Waals surface area (Å²) in [6, 6.07) is 17.7. The van der Waals surface area contributed by atoms with Gasteiger partial charge in [-0.1, -0.05) is 23.7 Å². The molecule has 0 amide bonds. The van der Waals surface area contributed by atoms with Crippen molar-refractivity contribution in [1.29, 1.82) is 0 Å². The molecule has 2 heterocycles. The smallest absolute Gasteiger partial charge is 0.234 e. The monoisotopic (exact) mass is 320 g/mol. The Morgan fingerprint density at radius 1 is 0.913 bits per heavy atom. The first kappa shape index (κ1) is 13.8. The van der Waals surface area contributed by atoms with Gasteiger partial charge in [0.2, 0.25) is 5.78 Å². The number of benzene rings is 2. The van der Waals surface area contributed by atoms with E-state index in [4.69, 9.17) is 11.6 Å². The molecule has 0 aliphatic heterocycles. The lowest BCUT2D eigenvalue weighted by atomic mass is 10.1. The molecule has 5 heteroatoms. The van der Waals surface area contributed by atoms with Gasteiger partial charge in [0.25, 0.3) is 0 Å². The molecule has 0 fully saturated rings. The lowest BCUT2D eigenvalue weighted by Gasteiger charge is -2.07. The average molecular weight is 321 g/mol. The highest BCUT2D eigenvalue weighted by Crippen LogP contribution is 2.23. The van der Waals surface area contributed by atoms with Crippen LogP contribution in [0.3, 0.4) is 0 Å². The number of nitrogens with one attached hydrogen (secondary N) is 1. The van der Waals surface area contributed by atoms with Gasteiger partial charge in [-0.15, -0.1) is 0 Å². The van der Waals surface area contributed by atoms with Crippen LogP contribution in [-0.2, 0) is 0 Å². The Morgan fingerprint density at radius 2 is 1.61 bits per heavy atom. The van der Waals surface area contributed by atoms with E-state index in [2.05, 4.69) is 15.3 Å². The molecular formula is C18H13ClN4. The van der Waals surface area contributed by atoms with Crippen LogP contribution in [0, 0.1) is 0 Å². The molecular weight excluding hydrogens is 308 g/mol. The van der Waals surface area contributed by atoms with Crippen LogP contribution in [0.15, 0.2) is 73.2 Å².